The van der Waals surface area contributed by atoms with Gasteiger partial charge in [0.15, 0.2) is 23.8 Å². The van der Waals surface area contributed by atoms with Crippen molar-refractivity contribution < 1.29 is 48.3 Å². The van der Waals surface area contributed by atoms with Crippen molar-refractivity contribution in [3.05, 3.63) is 0 Å². The first-order chi connectivity index (χ1) is 35.9. The standard InChI is InChI=1S/C43H85N23O10/c44-17-3-1-9-25(61-33(69)24(60-32(68)23-46)11-5-19-56-40(48)49)34(70)62-26(10-2-4-18-45)35(71)63-27(12-6-20-57-41(50)51)36(72)65-29(15-16-31(47)67)38(74)64-28(13-7-21-58-42(52)53)37(73)66-30(39(75)76)14-8-22-59-43(54)55/h24-30H,1-23,44-46H2,(H2,47,67)(H,60,68)(H,61,69)(H,62,70)(H,63,71)(H,64,74)(H,65,72)(H,66,73)(H,75,76)(H4,48,49,56)(H4,50,51,57)(H4,52,53,58)(H4,54,55,59)/t24-,25-,26-,27-,28-,29-,30-/m0/s1. The molecule has 0 spiro atoms. The highest BCUT2D eigenvalue weighted by molar-refractivity contribution is 5.97. The second-order valence-corrected chi connectivity index (χ2v) is 17.4. The number of unbranched alkanes of at least 4 members (excludes halogenated alkanes) is 2. The van der Waals surface area contributed by atoms with E-state index in [1.807, 2.05) is 0 Å². The lowest BCUT2D eigenvalue weighted by molar-refractivity contribution is -0.142. The molecule has 0 aromatic heterocycles. The zero-order valence-corrected chi connectivity index (χ0v) is 43.1. The lowest BCUT2D eigenvalue weighted by Gasteiger charge is -2.28. The lowest BCUT2D eigenvalue weighted by atomic mass is 10.0. The van der Waals surface area contributed by atoms with Gasteiger partial charge in [-0.15, -0.1) is 0 Å². The van der Waals surface area contributed by atoms with Gasteiger partial charge in [-0.2, -0.15) is 0 Å². The summed E-state index contributed by atoms with van der Waals surface area (Å²) in [5, 5.41) is 27.8. The van der Waals surface area contributed by atoms with Gasteiger partial charge >= 0.3 is 5.97 Å². The highest BCUT2D eigenvalue weighted by Gasteiger charge is 2.34. The summed E-state index contributed by atoms with van der Waals surface area (Å²) in [6, 6.07) is -9.72. The SMILES string of the molecule is NCCCC[C@H](NC(=O)[C@H](CCCN=C(N)N)NC(=O)CN)C(=O)N[C@@H](CCCCN)C(=O)N[C@@H](CCCN=C(N)N)C(=O)N[C@@H](CCC(N)=O)C(=O)N[C@@H](CCCN=C(N)N)C(=O)N[C@@H](CCCN=C(N)N)C(=O)O. The summed E-state index contributed by atoms with van der Waals surface area (Å²) in [7, 11) is 0. The number of aliphatic imine (C=N–C) groups is 4. The van der Waals surface area contributed by atoms with E-state index in [1.165, 1.54) is 0 Å². The quantitative estimate of drug-likeness (QED) is 0.0153. The fourth-order valence-electron chi connectivity index (χ4n) is 7.04. The lowest BCUT2D eigenvalue weighted by Crippen LogP contribution is -2.60. The van der Waals surface area contributed by atoms with Crippen molar-refractivity contribution in [1.29, 1.82) is 0 Å². The number of nitrogens with two attached hydrogens (primary N) is 12. The maximum atomic E-state index is 14.3. The van der Waals surface area contributed by atoms with E-state index in [-0.39, 0.29) is 127 Å². The summed E-state index contributed by atoms with van der Waals surface area (Å²) in [6.45, 7) is 0.222. The van der Waals surface area contributed by atoms with E-state index in [2.05, 4.69) is 57.2 Å². The molecule has 0 aromatic rings. The van der Waals surface area contributed by atoms with Crippen LogP contribution in [-0.2, 0) is 43.2 Å². The third-order valence-electron chi connectivity index (χ3n) is 11.0. The maximum Gasteiger partial charge on any atom is 0.326 e. The minimum atomic E-state index is -1.59. The Morgan fingerprint density at radius 1 is 0.342 bits per heavy atom. The summed E-state index contributed by atoms with van der Waals surface area (Å²) in [5.41, 5.74) is 65.8. The van der Waals surface area contributed by atoms with Crippen LogP contribution in [0.5, 0.6) is 0 Å². The maximum absolute atomic E-state index is 14.3. The predicted octanol–water partition coefficient (Wildman–Crippen LogP) is -8.84. The van der Waals surface area contributed by atoms with Gasteiger partial charge in [-0.05, 0) is 109 Å². The van der Waals surface area contributed by atoms with Crippen molar-refractivity contribution in [2.24, 2.45) is 88.8 Å². The third kappa shape index (κ3) is 32.4. The number of carbonyl (C=O) groups excluding carboxylic acids is 8. The Labute approximate surface area is 441 Å². The van der Waals surface area contributed by atoms with E-state index < -0.39 is 115 Å². The number of rotatable bonds is 42. The number of primary amides is 1. The number of aliphatic carboxylic acids is 1. The van der Waals surface area contributed by atoms with Crippen LogP contribution in [0.15, 0.2) is 20.0 Å². The molecular formula is C43H85N23O10. The molecule has 7 atom stereocenters. The molecule has 0 unspecified atom stereocenters. The average Bonchev–Trinajstić information content (AvgIpc) is 3.34. The highest BCUT2D eigenvalue weighted by Crippen LogP contribution is 2.11. The molecule has 0 bridgehead atoms. The average molecular weight is 1080 g/mol. The monoisotopic (exact) mass is 1080 g/mol. The van der Waals surface area contributed by atoms with Crippen LogP contribution < -0.4 is 106 Å². The molecule has 32 N–H and O–H groups in total. The van der Waals surface area contributed by atoms with Crippen molar-refractivity contribution >= 4 is 77.1 Å². The van der Waals surface area contributed by atoms with Crippen LogP contribution in [-0.4, -0.2) is 170 Å². The third-order valence-corrected chi connectivity index (χ3v) is 11.0. The van der Waals surface area contributed by atoms with Gasteiger partial charge in [0, 0.05) is 32.6 Å². The van der Waals surface area contributed by atoms with Crippen LogP contribution in [0, 0.1) is 0 Å². The van der Waals surface area contributed by atoms with Crippen molar-refractivity contribution in [1.82, 2.24) is 37.2 Å². The van der Waals surface area contributed by atoms with Crippen LogP contribution in [0.25, 0.3) is 0 Å². The number of nitrogens with zero attached hydrogens (tertiary/aromatic N) is 4. The van der Waals surface area contributed by atoms with Crippen LogP contribution in [0.1, 0.15) is 103 Å². The summed E-state index contributed by atoms with van der Waals surface area (Å²) >= 11 is 0. The second-order valence-electron chi connectivity index (χ2n) is 17.4. The summed E-state index contributed by atoms with van der Waals surface area (Å²) in [4.78, 5) is 136. The van der Waals surface area contributed by atoms with Crippen LogP contribution in [0.3, 0.4) is 0 Å². The molecule has 0 aromatic carbocycles. The number of carboxylic acid groups (broad SMARTS) is 1. The molecule has 0 radical (unpaired) electrons. The first-order valence-electron chi connectivity index (χ1n) is 24.9. The van der Waals surface area contributed by atoms with Gasteiger partial charge in [0.1, 0.15) is 42.3 Å². The summed E-state index contributed by atoms with van der Waals surface area (Å²) < 4.78 is 0. The van der Waals surface area contributed by atoms with Gasteiger partial charge in [-0.3, -0.25) is 58.3 Å². The fourth-order valence-corrected chi connectivity index (χ4v) is 7.04. The van der Waals surface area contributed by atoms with E-state index in [0.29, 0.717) is 25.7 Å². The number of hydrogen-bond acceptors (Lipinski definition) is 16. The molecule has 0 fully saturated rings. The van der Waals surface area contributed by atoms with E-state index in [0.717, 1.165) is 0 Å². The molecule has 0 aliphatic heterocycles. The number of carboxylic acids is 1. The molecule has 0 saturated heterocycles. The predicted molar refractivity (Wildman–Crippen MR) is 284 cm³/mol. The Balaban J connectivity index is 6.99. The molecular weight excluding hydrogens is 999 g/mol. The van der Waals surface area contributed by atoms with E-state index in [1.54, 1.807) is 0 Å². The zero-order chi connectivity index (χ0) is 57.6. The van der Waals surface area contributed by atoms with Gasteiger partial charge in [0.05, 0.1) is 6.54 Å². The van der Waals surface area contributed by atoms with Gasteiger partial charge in [0.25, 0.3) is 0 Å². The normalized spacial score (nSPS) is 13.5. The Morgan fingerprint density at radius 3 is 0.842 bits per heavy atom. The highest BCUT2D eigenvalue weighted by atomic mass is 16.4. The van der Waals surface area contributed by atoms with Crippen molar-refractivity contribution in [2.45, 2.75) is 145 Å². The minimum Gasteiger partial charge on any atom is -0.480 e. The Bertz CT molecular complexity index is 1970. The van der Waals surface area contributed by atoms with Gasteiger partial charge in [-0.1, -0.05) is 0 Å². The number of amides is 8. The summed E-state index contributed by atoms with van der Waals surface area (Å²) in [6.07, 6.45) is 0.976. The van der Waals surface area contributed by atoms with Crippen LogP contribution >= 0.6 is 0 Å². The van der Waals surface area contributed by atoms with E-state index >= 15 is 0 Å². The molecule has 432 valence electrons. The summed E-state index contributed by atoms with van der Waals surface area (Å²) in [5.74, 6) is -9.13. The molecule has 0 aliphatic carbocycles. The molecule has 76 heavy (non-hydrogen) atoms. The Hall–Kier alpha value is -7.81. The molecule has 0 saturated carbocycles. The topological polar surface area (TPSA) is 620 Å². The molecule has 8 amide bonds. The van der Waals surface area contributed by atoms with Crippen molar-refractivity contribution in [3.8, 4) is 0 Å². The van der Waals surface area contributed by atoms with Gasteiger partial charge in [-0.25, -0.2) is 4.79 Å². The Morgan fingerprint density at radius 2 is 0.592 bits per heavy atom. The molecule has 0 heterocycles. The molecule has 0 rings (SSSR count). The molecule has 0 aliphatic rings. The van der Waals surface area contributed by atoms with Crippen LogP contribution in [0.2, 0.25) is 0 Å². The number of hydrogen-bond donors (Lipinski definition) is 20. The zero-order valence-electron chi connectivity index (χ0n) is 43.1. The van der Waals surface area contributed by atoms with Gasteiger partial charge in [0.2, 0.25) is 47.3 Å². The van der Waals surface area contributed by atoms with Crippen LogP contribution in [0.4, 0.5) is 0 Å². The van der Waals surface area contributed by atoms with Crippen molar-refractivity contribution in [2.75, 3.05) is 45.8 Å². The number of guanidine groups is 4. The minimum absolute atomic E-state index is 0.00130. The Kier molecular flexibility index (Phi) is 35.6. The largest absolute Gasteiger partial charge is 0.480 e. The fraction of sp³-hybridized carbons (Fsp3) is 0.698. The molecule has 33 nitrogen and oxygen atoms in total. The van der Waals surface area contributed by atoms with E-state index in [9.17, 15) is 48.3 Å². The first-order valence-corrected chi connectivity index (χ1v) is 24.9. The van der Waals surface area contributed by atoms with E-state index in [4.69, 9.17) is 68.8 Å². The number of nitrogens with one attached hydrogen (secondary N) is 7. The smallest absolute Gasteiger partial charge is 0.326 e. The first kappa shape index (κ1) is 68.2. The number of carbonyl (C=O) groups is 9. The van der Waals surface area contributed by atoms with Gasteiger partial charge < -0.3 is 111 Å². The van der Waals surface area contributed by atoms with Crippen molar-refractivity contribution in [3.63, 3.8) is 0 Å². The molecule has 33 heteroatoms. The second kappa shape index (κ2) is 39.6.